The number of hydrogen-bond donors (Lipinski definition) is 1. The van der Waals surface area contributed by atoms with E-state index in [1.54, 1.807) is 42.5 Å². The Morgan fingerprint density at radius 2 is 1.65 bits per heavy atom. The normalized spacial score (nSPS) is 18.0. The molecule has 1 unspecified atom stereocenters. The van der Waals surface area contributed by atoms with Crippen molar-refractivity contribution in [2.45, 2.75) is 26.0 Å². The Balaban J connectivity index is 1.63. The van der Waals surface area contributed by atoms with E-state index in [0.29, 0.717) is 34.1 Å². The zero-order chi connectivity index (χ0) is 26.3. The van der Waals surface area contributed by atoms with Gasteiger partial charge >= 0.3 is 0 Å². The molecule has 0 spiro atoms. The molecule has 1 fully saturated rings. The van der Waals surface area contributed by atoms with Crippen LogP contribution in [0.1, 0.15) is 31.0 Å². The molecule has 5 rings (SSSR count). The monoisotopic (exact) mass is 500 g/mol. The zero-order valence-corrected chi connectivity index (χ0v) is 21.1. The molecule has 8 nitrogen and oxygen atoms in total. The molecule has 2 heterocycles. The highest BCUT2D eigenvalue weighted by Gasteiger charge is 2.47. The van der Waals surface area contributed by atoms with Gasteiger partial charge in [0.05, 0.1) is 17.7 Å². The van der Waals surface area contributed by atoms with Gasteiger partial charge in [-0.2, -0.15) is 0 Å². The third kappa shape index (κ3) is 4.46. The third-order valence-corrected chi connectivity index (χ3v) is 6.30. The van der Waals surface area contributed by atoms with E-state index >= 15 is 0 Å². The lowest BCUT2D eigenvalue weighted by molar-refractivity contribution is -0.132. The maximum Gasteiger partial charge on any atom is 0.300 e. The maximum atomic E-state index is 13.4. The van der Waals surface area contributed by atoms with Gasteiger partial charge in [-0.1, -0.05) is 12.1 Å². The first-order chi connectivity index (χ1) is 17.7. The molecule has 1 N–H and O–H groups in total. The van der Waals surface area contributed by atoms with Crippen LogP contribution in [0, 0.1) is 0 Å². The number of hydrogen-bond acceptors (Lipinski definition) is 7. The van der Waals surface area contributed by atoms with Crippen molar-refractivity contribution in [2.75, 3.05) is 30.7 Å². The summed E-state index contributed by atoms with van der Waals surface area (Å²) in [7, 11) is 3.86. The van der Waals surface area contributed by atoms with E-state index < -0.39 is 17.7 Å². The van der Waals surface area contributed by atoms with Crippen LogP contribution in [-0.2, 0) is 9.59 Å². The lowest BCUT2D eigenvalue weighted by Gasteiger charge is -2.26. The van der Waals surface area contributed by atoms with Gasteiger partial charge in [0.25, 0.3) is 11.7 Å². The van der Waals surface area contributed by atoms with Crippen molar-refractivity contribution in [1.82, 2.24) is 0 Å². The van der Waals surface area contributed by atoms with E-state index in [2.05, 4.69) is 0 Å². The van der Waals surface area contributed by atoms with Crippen molar-refractivity contribution in [3.63, 3.8) is 0 Å². The number of carbonyl (C=O) groups is 2. The highest BCUT2D eigenvalue weighted by atomic mass is 16.7. The molecule has 0 aromatic heterocycles. The lowest BCUT2D eigenvalue weighted by atomic mass is 9.94. The average Bonchev–Trinajstić information content (AvgIpc) is 3.46. The molecule has 1 saturated heterocycles. The van der Waals surface area contributed by atoms with E-state index in [0.717, 1.165) is 5.69 Å². The second kappa shape index (κ2) is 9.54. The van der Waals surface area contributed by atoms with Crippen molar-refractivity contribution in [2.24, 2.45) is 0 Å². The first-order valence-corrected chi connectivity index (χ1v) is 12.0. The van der Waals surface area contributed by atoms with Crippen LogP contribution in [0.4, 0.5) is 11.4 Å². The number of rotatable bonds is 6. The fraction of sp³-hybridized carbons (Fsp3) is 0.241. The number of Topliss-reactive ketones (excluding diaryl/α,β-unsaturated/α-hetero) is 1. The van der Waals surface area contributed by atoms with Crippen LogP contribution < -0.4 is 24.0 Å². The largest absolute Gasteiger partial charge is 0.507 e. The Labute approximate surface area is 215 Å². The van der Waals surface area contributed by atoms with Crippen molar-refractivity contribution in [3.8, 4) is 17.2 Å². The number of aliphatic hydroxyl groups excluding tert-OH is 1. The molecule has 1 atom stereocenters. The van der Waals surface area contributed by atoms with Gasteiger partial charge in [0.15, 0.2) is 11.5 Å². The first kappa shape index (κ1) is 24.2. The maximum absolute atomic E-state index is 13.4. The number of nitrogens with zero attached hydrogens (tertiary/aromatic N) is 2. The van der Waals surface area contributed by atoms with E-state index in [9.17, 15) is 14.7 Å². The van der Waals surface area contributed by atoms with Gasteiger partial charge < -0.3 is 24.2 Å². The topological polar surface area (TPSA) is 88.5 Å². The molecule has 1 amide bonds. The number of anilines is 2. The Hall–Kier alpha value is -4.46. The van der Waals surface area contributed by atoms with Crippen molar-refractivity contribution >= 4 is 28.8 Å². The summed E-state index contributed by atoms with van der Waals surface area (Å²) in [5, 5.41) is 11.4. The standard InChI is InChI=1S/C29H28N2O6/c1-17(2)37-22-12-10-21(11-13-22)31-26(18-5-8-20(9-6-18)30(3)4)25(28(33)29(31)34)27(32)19-7-14-23-24(15-19)36-16-35-23/h5-15,17,26,32H,16H2,1-4H3/b27-25-. The van der Waals surface area contributed by atoms with Gasteiger partial charge in [-0.3, -0.25) is 14.5 Å². The van der Waals surface area contributed by atoms with Gasteiger partial charge in [0.2, 0.25) is 6.79 Å². The number of carbonyl (C=O) groups excluding carboxylic acids is 2. The number of aliphatic hydroxyl groups is 1. The highest BCUT2D eigenvalue weighted by Crippen LogP contribution is 2.44. The van der Waals surface area contributed by atoms with Crippen LogP contribution in [0.3, 0.4) is 0 Å². The molecule has 2 aliphatic rings. The van der Waals surface area contributed by atoms with Gasteiger partial charge in [0.1, 0.15) is 11.5 Å². The highest BCUT2D eigenvalue weighted by molar-refractivity contribution is 6.51. The van der Waals surface area contributed by atoms with Crippen molar-refractivity contribution in [1.29, 1.82) is 0 Å². The molecule has 2 aliphatic heterocycles. The SMILES string of the molecule is CC(C)Oc1ccc(N2C(=O)C(=O)/C(=C(\O)c3ccc4c(c3)OCO4)C2c2ccc(N(C)C)cc2)cc1. The Kier molecular flexibility index (Phi) is 6.25. The summed E-state index contributed by atoms with van der Waals surface area (Å²) in [6.07, 6.45) is -0.00279. The lowest BCUT2D eigenvalue weighted by Crippen LogP contribution is -2.29. The minimum atomic E-state index is -0.835. The number of benzene rings is 3. The smallest absolute Gasteiger partial charge is 0.300 e. The van der Waals surface area contributed by atoms with E-state index in [-0.39, 0.29) is 24.2 Å². The van der Waals surface area contributed by atoms with Gasteiger partial charge in [-0.15, -0.1) is 0 Å². The molecule has 8 heteroatoms. The molecule has 37 heavy (non-hydrogen) atoms. The van der Waals surface area contributed by atoms with Crippen molar-refractivity contribution in [3.05, 3.63) is 83.4 Å². The number of amides is 1. The minimum Gasteiger partial charge on any atom is -0.507 e. The summed E-state index contributed by atoms with van der Waals surface area (Å²) >= 11 is 0. The van der Waals surface area contributed by atoms with Gasteiger partial charge in [-0.25, -0.2) is 0 Å². The number of fused-ring (bicyclic) bond motifs is 1. The summed E-state index contributed by atoms with van der Waals surface area (Å²) in [6, 6.07) is 18.6. The van der Waals surface area contributed by atoms with Crippen LogP contribution in [0.5, 0.6) is 17.2 Å². The Morgan fingerprint density at radius 3 is 2.30 bits per heavy atom. The predicted octanol–water partition coefficient (Wildman–Crippen LogP) is 4.89. The zero-order valence-electron chi connectivity index (χ0n) is 21.1. The second-order valence-electron chi connectivity index (χ2n) is 9.38. The summed E-state index contributed by atoms with van der Waals surface area (Å²) in [5.74, 6) is -0.0912. The van der Waals surface area contributed by atoms with Crippen LogP contribution >= 0.6 is 0 Å². The molecule has 3 aromatic carbocycles. The molecular weight excluding hydrogens is 472 g/mol. The summed E-state index contributed by atoms with van der Waals surface area (Å²) in [5.41, 5.74) is 2.53. The molecule has 0 aliphatic carbocycles. The van der Waals surface area contributed by atoms with E-state index in [1.165, 1.54) is 4.90 Å². The van der Waals surface area contributed by atoms with E-state index in [4.69, 9.17) is 14.2 Å². The fourth-order valence-electron chi connectivity index (χ4n) is 4.53. The predicted molar refractivity (Wildman–Crippen MR) is 140 cm³/mol. The Bertz CT molecular complexity index is 1380. The van der Waals surface area contributed by atoms with Crippen LogP contribution in [0.2, 0.25) is 0 Å². The molecular formula is C29H28N2O6. The van der Waals surface area contributed by atoms with Crippen LogP contribution in [0.25, 0.3) is 5.76 Å². The molecule has 190 valence electrons. The third-order valence-electron chi connectivity index (χ3n) is 6.30. The number of ether oxygens (including phenoxy) is 3. The molecule has 0 saturated carbocycles. The van der Waals surface area contributed by atoms with Crippen LogP contribution in [-0.4, -0.2) is 43.8 Å². The van der Waals surface area contributed by atoms with Gasteiger partial charge in [0, 0.05) is 31.0 Å². The summed E-state index contributed by atoms with van der Waals surface area (Å²) < 4.78 is 16.5. The average molecular weight is 501 g/mol. The number of ketones is 1. The molecule has 3 aromatic rings. The van der Waals surface area contributed by atoms with Gasteiger partial charge in [-0.05, 0) is 74.0 Å². The summed E-state index contributed by atoms with van der Waals surface area (Å²) in [4.78, 5) is 30.2. The quantitative estimate of drug-likeness (QED) is 0.293. The molecule has 0 bridgehead atoms. The van der Waals surface area contributed by atoms with E-state index in [1.807, 2.05) is 57.1 Å². The first-order valence-electron chi connectivity index (χ1n) is 12.0. The minimum absolute atomic E-state index is 0.00279. The summed E-state index contributed by atoms with van der Waals surface area (Å²) in [6.45, 7) is 3.94. The van der Waals surface area contributed by atoms with Crippen molar-refractivity contribution < 1.29 is 28.9 Å². The second-order valence-corrected chi connectivity index (χ2v) is 9.38. The fourth-order valence-corrected chi connectivity index (χ4v) is 4.53. The van der Waals surface area contributed by atoms with Crippen LogP contribution in [0.15, 0.2) is 72.3 Å². The Morgan fingerprint density at radius 1 is 0.973 bits per heavy atom. The molecule has 0 radical (unpaired) electrons.